The van der Waals surface area contributed by atoms with Gasteiger partial charge in [0.1, 0.15) is 12.4 Å². The quantitative estimate of drug-likeness (QED) is 0.445. The fraction of sp³-hybridized carbons (Fsp3) is 0.273. The lowest BCUT2D eigenvalue weighted by Gasteiger charge is -2.16. The molecule has 0 aliphatic rings. The Balaban J connectivity index is 1.65. The number of aromatic nitrogens is 2. The van der Waals surface area contributed by atoms with Gasteiger partial charge < -0.3 is 10.1 Å². The predicted molar refractivity (Wildman–Crippen MR) is 112 cm³/mol. The number of aryl methyl sites for hydroxylation is 2. The summed E-state index contributed by atoms with van der Waals surface area (Å²) >= 11 is 0. The van der Waals surface area contributed by atoms with Gasteiger partial charge in [-0.2, -0.15) is 5.10 Å². The molecule has 156 valence electrons. The molecule has 2 aromatic carbocycles. The Morgan fingerprint density at radius 2 is 2.07 bits per heavy atom. The third-order valence-electron chi connectivity index (χ3n) is 4.80. The van der Waals surface area contributed by atoms with Gasteiger partial charge in [-0.1, -0.05) is 12.1 Å². The van der Waals surface area contributed by atoms with E-state index in [4.69, 9.17) is 4.74 Å². The molecule has 8 nitrogen and oxygen atoms in total. The minimum atomic E-state index is -0.421. The van der Waals surface area contributed by atoms with Crippen molar-refractivity contribution in [3.05, 3.63) is 87.2 Å². The summed E-state index contributed by atoms with van der Waals surface area (Å²) in [5.41, 5.74) is 2.89. The number of rotatable bonds is 8. The van der Waals surface area contributed by atoms with Crippen LogP contribution in [-0.4, -0.2) is 20.6 Å². The fourth-order valence-electron chi connectivity index (χ4n) is 3.22. The van der Waals surface area contributed by atoms with Gasteiger partial charge in [-0.3, -0.25) is 19.6 Å². The third-order valence-corrected chi connectivity index (χ3v) is 4.80. The lowest BCUT2D eigenvalue weighted by Crippen LogP contribution is -2.28. The molecule has 1 atom stereocenters. The Kier molecular flexibility index (Phi) is 6.46. The van der Waals surface area contributed by atoms with Crippen LogP contribution in [0.5, 0.6) is 5.75 Å². The molecule has 1 heterocycles. The summed E-state index contributed by atoms with van der Waals surface area (Å²) in [4.78, 5) is 23.2. The number of carbonyl (C=O) groups excluding carboxylic acids is 1. The Morgan fingerprint density at radius 3 is 2.77 bits per heavy atom. The van der Waals surface area contributed by atoms with Gasteiger partial charge in [-0.05, 0) is 56.7 Å². The molecule has 3 rings (SSSR count). The van der Waals surface area contributed by atoms with Crippen LogP contribution < -0.4 is 10.1 Å². The number of carbonyl (C=O) groups is 1. The summed E-state index contributed by atoms with van der Waals surface area (Å²) in [6.07, 6.45) is 1.72. The zero-order valence-electron chi connectivity index (χ0n) is 17.2. The predicted octanol–water partition coefficient (Wildman–Crippen LogP) is 4.19. The molecule has 1 N–H and O–H groups in total. The van der Waals surface area contributed by atoms with Crippen molar-refractivity contribution in [2.24, 2.45) is 0 Å². The van der Waals surface area contributed by atoms with Gasteiger partial charge in [0, 0.05) is 29.9 Å². The van der Waals surface area contributed by atoms with Crippen LogP contribution in [0, 0.1) is 17.0 Å². The zero-order chi connectivity index (χ0) is 21.7. The number of nitro groups is 1. The highest BCUT2D eigenvalue weighted by Crippen LogP contribution is 2.24. The Labute approximate surface area is 174 Å². The first-order valence-corrected chi connectivity index (χ1v) is 9.68. The van der Waals surface area contributed by atoms with Gasteiger partial charge in [-0.15, -0.1) is 0 Å². The van der Waals surface area contributed by atoms with Crippen LogP contribution in [-0.2, 0) is 13.2 Å². The van der Waals surface area contributed by atoms with Crippen LogP contribution in [0.1, 0.15) is 47.1 Å². The first-order valence-electron chi connectivity index (χ1n) is 9.68. The molecule has 0 fully saturated rings. The molecule has 1 amide bonds. The Hall–Kier alpha value is -3.68. The van der Waals surface area contributed by atoms with E-state index in [9.17, 15) is 14.9 Å². The largest absolute Gasteiger partial charge is 0.489 e. The summed E-state index contributed by atoms with van der Waals surface area (Å²) in [5, 5.41) is 18.2. The van der Waals surface area contributed by atoms with Gasteiger partial charge in [-0.25, -0.2) is 0 Å². The van der Waals surface area contributed by atoms with Crippen LogP contribution in [0.2, 0.25) is 0 Å². The minimum Gasteiger partial charge on any atom is -0.489 e. The van der Waals surface area contributed by atoms with Crippen LogP contribution in [0.3, 0.4) is 0 Å². The lowest BCUT2D eigenvalue weighted by molar-refractivity contribution is -0.385. The smallest absolute Gasteiger partial charge is 0.272 e. The Bertz CT molecular complexity index is 1060. The lowest BCUT2D eigenvalue weighted by atomic mass is 10.1. The van der Waals surface area contributed by atoms with Crippen molar-refractivity contribution in [2.75, 3.05) is 0 Å². The van der Waals surface area contributed by atoms with Crippen molar-refractivity contribution in [2.45, 2.75) is 40.0 Å². The van der Waals surface area contributed by atoms with E-state index in [0.717, 1.165) is 17.8 Å². The van der Waals surface area contributed by atoms with E-state index in [-0.39, 0.29) is 24.2 Å². The molecule has 0 bridgehead atoms. The number of nitro benzene ring substituents is 1. The molecule has 0 spiro atoms. The first-order chi connectivity index (χ1) is 14.4. The van der Waals surface area contributed by atoms with Gasteiger partial charge in [0.25, 0.3) is 11.6 Å². The molecule has 1 unspecified atom stereocenters. The summed E-state index contributed by atoms with van der Waals surface area (Å²) in [7, 11) is 0. The summed E-state index contributed by atoms with van der Waals surface area (Å²) < 4.78 is 7.60. The maximum Gasteiger partial charge on any atom is 0.272 e. The SMILES string of the molecule is CCn1nccc1C(C)NC(=O)c1cccc(COc2ccc([N+](=O)[O-])c(C)c2)c1. The molecule has 30 heavy (non-hydrogen) atoms. The van der Waals surface area contributed by atoms with Crippen molar-refractivity contribution < 1.29 is 14.5 Å². The third kappa shape index (κ3) is 4.83. The average Bonchev–Trinajstić information content (AvgIpc) is 3.21. The van der Waals surface area contributed by atoms with E-state index in [1.165, 1.54) is 6.07 Å². The second-order valence-electron chi connectivity index (χ2n) is 6.96. The Morgan fingerprint density at radius 1 is 1.27 bits per heavy atom. The monoisotopic (exact) mass is 408 g/mol. The number of amides is 1. The minimum absolute atomic E-state index is 0.0551. The fourth-order valence-corrected chi connectivity index (χ4v) is 3.22. The van der Waals surface area contributed by atoms with Crippen molar-refractivity contribution in [3.63, 3.8) is 0 Å². The normalized spacial score (nSPS) is 11.7. The standard InChI is InChI=1S/C22H24N4O4/c1-4-25-21(10-11-23-25)16(3)24-22(27)18-7-5-6-17(13-18)14-30-19-8-9-20(26(28)29)15(2)12-19/h5-13,16H,4,14H2,1-3H3,(H,24,27). The van der Waals surface area contributed by atoms with Crippen LogP contribution in [0.4, 0.5) is 5.69 Å². The van der Waals surface area contributed by atoms with E-state index < -0.39 is 4.92 Å². The number of ether oxygens (including phenoxy) is 1. The van der Waals surface area contributed by atoms with Gasteiger partial charge in [0.15, 0.2) is 0 Å². The van der Waals surface area contributed by atoms with E-state index in [1.54, 1.807) is 43.5 Å². The van der Waals surface area contributed by atoms with Gasteiger partial charge in [0.05, 0.1) is 16.7 Å². The molecule has 3 aromatic rings. The highest BCUT2D eigenvalue weighted by atomic mass is 16.6. The van der Waals surface area contributed by atoms with E-state index in [0.29, 0.717) is 16.9 Å². The molecule has 0 aliphatic heterocycles. The molecule has 0 radical (unpaired) electrons. The van der Waals surface area contributed by atoms with Crippen LogP contribution >= 0.6 is 0 Å². The molecule has 0 saturated heterocycles. The maximum atomic E-state index is 12.7. The maximum absolute atomic E-state index is 12.7. The van der Waals surface area contributed by atoms with E-state index >= 15 is 0 Å². The van der Waals surface area contributed by atoms with Crippen molar-refractivity contribution in [1.29, 1.82) is 0 Å². The van der Waals surface area contributed by atoms with E-state index in [1.807, 2.05) is 30.7 Å². The molecule has 0 aliphatic carbocycles. The second-order valence-corrected chi connectivity index (χ2v) is 6.96. The van der Waals surface area contributed by atoms with E-state index in [2.05, 4.69) is 10.4 Å². The summed E-state index contributed by atoms with van der Waals surface area (Å²) in [5.74, 6) is 0.355. The second kappa shape index (κ2) is 9.21. The number of benzene rings is 2. The zero-order valence-corrected chi connectivity index (χ0v) is 17.2. The van der Waals surface area contributed by atoms with Crippen molar-refractivity contribution in [3.8, 4) is 5.75 Å². The molecule has 0 saturated carbocycles. The first kappa shape index (κ1) is 21.0. The highest BCUT2D eigenvalue weighted by Gasteiger charge is 2.15. The average molecular weight is 408 g/mol. The molecular weight excluding hydrogens is 384 g/mol. The number of hydrogen-bond donors (Lipinski definition) is 1. The molecule has 8 heteroatoms. The van der Waals surface area contributed by atoms with Crippen molar-refractivity contribution in [1.82, 2.24) is 15.1 Å². The molecule has 1 aromatic heterocycles. The van der Waals surface area contributed by atoms with Gasteiger partial charge >= 0.3 is 0 Å². The van der Waals surface area contributed by atoms with Crippen molar-refractivity contribution >= 4 is 11.6 Å². The molecular formula is C22H24N4O4. The summed E-state index contributed by atoms with van der Waals surface area (Å²) in [6.45, 7) is 6.57. The number of hydrogen-bond acceptors (Lipinski definition) is 5. The summed E-state index contributed by atoms with van der Waals surface area (Å²) in [6, 6.07) is 13.5. The number of nitrogens with zero attached hydrogens (tertiary/aromatic N) is 3. The topological polar surface area (TPSA) is 99.3 Å². The van der Waals surface area contributed by atoms with Crippen LogP contribution in [0.15, 0.2) is 54.7 Å². The van der Waals surface area contributed by atoms with Gasteiger partial charge in [0.2, 0.25) is 0 Å². The van der Waals surface area contributed by atoms with Crippen LogP contribution in [0.25, 0.3) is 0 Å². The highest BCUT2D eigenvalue weighted by molar-refractivity contribution is 5.94. The number of nitrogens with one attached hydrogen (secondary N) is 1.